The van der Waals surface area contributed by atoms with Gasteiger partial charge in [0, 0.05) is 4.47 Å². The topological polar surface area (TPSA) is 72.9 Å². The highest BCUT2D eigenvalue weighted by atomic mass is 127. The molecule has 3 aromatic rings. The minimum Gasteiger partial charge on any atom is -0.493 e. The summed E-state index contributed by atoms with van der Waals surface area (Å²) < 4.78 is 12.5. The molecule has 0 aromatic heterocycles. The molecule has 0 bridgehead atoms. The highest BCUT2D eigenvalue weighted by Crippen LogP contribution is 2.38. The Bertz CT molecular complexity index is 1360. The third-order valence-corrected chi connectivity index (χ3v) is 7.67. The Kier molecular flexibility index (Phi) is 7.98. The largest absolute Gasteiger partial charge is 0.493 e. The van der Waals surface area contributed by atoms with Gasteiger partial charge in [-0.25, -0.2) is 4.79 Å². The maximum absolute atomic E-state index is 13.0. The summed E-state index contributed by atoms with van der Waals surface area (Å²) in [7, 11) is 1.48. The molecule has 1 aliphatic heterocycles. The molecule has 2 amide bonds. The molecule has 178 valence electrons. The van der Waals surface area contributed by atoms with Gasteiger partial charge in [0.2, 0.25) is 0 Å². The van der Waals surface area contributed by atoms with Gasteiger partial charge < -0.3 is 9.47 Å². The molecule has 0 radical (unpaired) electrons. The van der Waals surface area contributed by atoms with Crippen molar-refractivity contribution in [2.24, 2.45) is 0 Å². The molecule has 1 aliphatic rings. The van der Waals surface area contributed by atoms with Crippen molar-refractivity contribution in [3.05, 3.63) is 95.9 Å². The molecule has 0 N–H and O–H groups in total. The number of methoxy groups -OCH3 is 1. The fourth-order valence-corrected chi connectivity index (χ4v) is 5.33. The number of thioether (sulfide) groups is 1. The number of hydrogen-bond acceptors (Lipinski definition) is 6. The van der Waals surface area contributed by atoms with Crippen LogP contribution in [-0.4, -0.2) is 29.1 Å². The first-order valence-corrected chi connectivity index (χ1v) is 13.1. The van der Waals surface area contributed by atoms with Crippen LogP contribution in [0, 0.1) is 10.5 Å². The number of ether oxygens (including phenoxy) is 2. The van der Waals surface area contributed by atoms with Gasteiger partial charge in [-0.2, -0.15) is 0 Å². The number of esters is 1. The zero-order chi connectivity index (χ0) is 25.1. The molecule has 9 heteroatoms. The van der Waals surface area contributed by atoms with E-state index in [-0.39, 0.29) is 23.4 Å². The van der Waals surface area contributed by atoms with Crippen molar-refractivity contribution in [2.75, 3.05) is 7.11 Å². The summed E-state index contributed by atoms with van der Waals surface area (Å²) in [5, 5.41) is -0.331. The van der Waals surface area contributed by atoms with Gasteiger partial charge in [0.15, 0.2) is 11.5 Å². The summed E-state index contributed by atoms with van der Waals surface area (Å²) in [5.74, 6) is -0.226. The lowest BCUT2D eigenvalue weighted by Gasteiger charge is -2.14. The molecule has 0 spiro atoms. The smallest absolute Gasteiger partial charge is 0.343 e. The van der Waals surface area contributed by atoms with Gasteiger partial charge in [-0.1, -0.05) is 51.8 Å². The molecule has 0 unspecified atom stereocenters. The van der Waals surface area contributed by atoms with E-state index in [0.29, 0.717) is 25.4 Å². The van der Waals surface area contributed by atoms with Crippen molar-refractivity contribution >= 4 is 73.5 Å². The van der Waals surface area contributed by atoms with Gasteiger partial charge in [0.05, 0.1) is 27.7 Å². The average Bonchev–Trinajstić information content (AvgIpc) is 3.09. The van der Waals surface area contributed by atoms with Crippen LogP contribution in [0.15, 0.2) is 70.0 Å². The van der Waals surface area contributed by atoms with Crippen LogP contribution in [0.1, 0.15) is 27.0 Å². The summed E-state index contributed by atoms with van der Waals surface area (Å²) in [5.41, 5.74) is 2.95. The van der Waals surface area contributed by atoms with Gasteiger partial charge in [0.1, 0.15) is 0 Å². The summed E-state index contributed by atoms with van der Waals surface area (Å²) in [6.45, 7) is 2.12. The van der Waals surface area contributed by atoms with Gasteiger partial charge in [-0.3, -0.25) is 14.5 Å². The minimum atomic E-state index is -0.498. The van der Waals surface area contributed by atoms with Gasteiger partial charge in [-0.05, 0) is 88.8 Å². The van der Waals surface area contributed by atoms with Crippen molar-refractivity contribution in [3.63, 3.8) is 0 Å². The molecule has 35 heavy (non-hydrogen) atoms. The number of carbonyl (C=O) groups excluding carboxylic acids is 3. The standard InChI is InChI=1S/C26H19BrINO5S/c1-15-7-9-17(10-8-15)25(31)34-23-20(28)11-16(12-21(23)33-2)13-22-24(30)29(26(32)35-22)14-18-5-3-4-6-19(18)27/h3-13H,14H2,1-2H3/b22-13-. The van der Waals surface area contributed by atoms with Crippen LogP contribution < -0.4 is 9.47 Å². The van der Waals surface area contributed by atoms with E-state index in [0.717, 1.165) is 27.4 Å². The van der Waals surface area contributed by atoms with E-state index in [1.807, 2.05) is 43.3 Å². The first kappa shape index (κ1) is 25.5. The lowest BCUT2D eigenvalue weighted by molar-refractivity contribution is -0.123. The molecule has 0 atom stereocenters. The van der Waals surface area contributed by atoms with E-state index in [9.17, 15) is 14.4 Å². The van der Waals surface area contributed by atoms with E-state index >= 15 is 0 Å². The Hall–Kier alpha value is -2.63. The molecule has 6 nitrogen and oxygen atoms in total. The fraction of sp³-hybridized carbons (Fsp3) is 0.115. The van der Waals surface area contributed by atoms with E-state index in [1.165, 1.54) is 12.0 Å². The first-order valence-electron chi connectivity index (χ1n) is 10.4. The molecule has 3 aromatic carbocycles. The lowest BCUT2D eigenvalue weighted by Crippen LogP contribution is -2.27. The summed E-state index contributed by atoms with van der Waals surface area (Å²) >= 11 is 6.40. The van der Waals surface area contributed by atoms with Gasteiger partial charge in [0.25, 0.3) is 11.1 Å². The van der Waals surface area contributed by atoms with Crippen molar-refractivity contribution in [1.82, 2.24) is 4.90 Å². The zero-order valence-electron chi connectivity index (χ0n) is 18.7. The monoisotopic (exact) mass is 663 g/mol. The molecular weight excluding hydrogens is 645 g/mol. The molecule has 1 saturated heterocycles. The van der Waals surface area contributed by atoms with Crippen LogP contribution >= 0.6 is 50.3 Å². The average molecular weight is 664 g/mol. The molecule has 0 aliphatic carbocycles. The highest BCUT2D eigenvalue weighted by Gasteiger charge is 2.35. The normalized spacial score (nSPS) is 14.5. The van der Waals surface area contributed by atoms with Crippen LogP contribution in [0.2, 0.25) is 0 Å². The summed E-state index contributed by atoms with van der Waals surface area (Å²) in [6.07, 6.45) is 1.64. The molecule has 1 fully saturated rings. The number of carbonyl (C=O) groups is 3. The Balaban J connectivity index is 1.57. The first-order chi connectivity index (χ1) is 16.8. The minimum absolute atomic E-state index is 0.179. The zero-order valence-corrected chi connectivity index (χ0v) is 23.3. The second-order valence-electron chi connectivity index (χ2n) is 7.65. The van der Waals surface area contributed by atoms with Crippen LogP contribution in [0.25, 0.3) is 6.08 Å². The van der Waals surface area contributed by atoms with Crippen molar-refractivity contribution in [1.29, 1.82) is 0 Å². The predicted octanol–water partition coefficient (Wildman–Crippen LogP) is 6.83. The molecule has 0 saturated carbocycles. The summed E-state index contributed by atoms with van der Waals surface area (Å²) in [6, 6.07) is 18.0. The van der Waals surface area contributed by atoms with Crippen LogP contribution in [0.3, 0.4) is 0 Å². The Morgan fingerprint density at radius 3 is 2.51 bits per heavy atom. The number of amides is 2. The van der Waals surface area contributed by atoms with Crippen molar-refractivity contribution in [3.8, 4) is 11.5 Å². The number of aryl methyl sites for hydroxylation is 1. The fourth-order valence-electron chi connectivity index (χ4n) is 3.35. The Labute approximate surface area is 228 Å². The SMILES string of the molecule is COc1cc(/C=C2\SC(=O)N(Cc3ccccc3Br)C2=O)cc(I)c1OC(=O)c1ccc(C)cc1. The Morgan fingerprint density at radius 2 is 1.83 bits per heavy atom. The van der Waals surface area contributed by atoms with E-state index < -0.39 is 5.97 Å². The molecule has 1 heterocycles. The van der Waals surface area contributed by atoms with E-state index in [1.54, 1.807) is 30.3 Å². The van der Waals surface area contributed by atoms with Crippen molar-refractivity contribution in [2.45, 2.75) is 13.5 Å². The maximum atomic E-state index is 13.0. The number of imide groups is 1. The van der Waals surface area contributed by atoms with E-state index in [4.69, 9.17) is 9.47 Å². The highest BCUT2D eigenvalue weighted by molar-refractivity contribution is 14.1. The van der Waals surface area contributed by atoms with Gasteiger partial charge >= 0.3 is 5.97 Å². The molecular formula is C26H19BrINO5S. The Morgan fingerprint density at radius 1 is 1.11 bits per heavy atom. The van der Waals surface area contributed by atoms with Crippen LogP contribution in [0.5, 0.6) is 11.5 Å². The van der Waals surface area contributed by atoms with Gasteiger partial charge in [-0.15, -0.1) is 0 Å². The second-order valence-corrected chi connectivity index (χ2v) is 10.7. The number of halogens is 2. The predicted molar refractivity (Wildman–Crippen MR) is 148 cm³/mol. The van der Waals surface area contributed by atoms with Crippen molar-refractivity contribution < 1.29 is 23.9 Å². The van der Waals surface area contributed by atoms with E-state index in [2.05, 4.69) is 38.5 Å². The number of rotatable bonds is 6. The number of hydrogen-bond donors (Lipinski definition) is 0. The third kappa shape index (κ3) is 5.79. The number of nitrogens with zero attached hydrogens (tertiary/aromatic N) is 1. The second kappa shape index (κ2) is 11.0. The van der Waals surface area contributed by atoms with Crippen LogP contribution in [0.4, 0.5) is 4.79 Å². The summed E-state index contributed by atoms with van der Waals surface area (Å²) in [4.78, 5) is 39.7. The number of benzene rings is 3. The van der Waals surface area contributed by atoms with Crippen LogP contribution in [-0.2, 0) is 11.3 Å². The molecule has 4 rings (SSSR count). The lowest BCUT2D eigenvalue weighted by atomic mass is 10.1. The third-order valence-electron chi connectivity index (χ3n) is 5.19. The maximum Gasteiger partial charge on any atom is 0.343 e. The quantitative estimate of drug-likeness (QED) is 0.125.